The van der Waals surface area contributed by atoms with E-state index in [0.717, 1.165) is 23.1 Å². The normalized spacial score (nSPS) is 11.6. The van der Waals surface area contributed by atoms with E-state index in [1.165, 1.54) is 7.11 Å². The van der Waals surface area contributed by atoms with Crippen LogP contribution in [0.5, 0.6) is 0 Å². The quantitative estimate of drug-likeness (QED) is 0.452. The van der Waals surface area contributed by atoms with Crippen molar-refractivity contribution in [2.24, 2.45) is 0 Å². The van der Waals surface area contributed by atoms with Crippen LogP contribution in [0.3, 0.4) is 0 Å². The SMILES string of the molecule is COC(=O)C(OC(=O)CSc1nc(C)cc(C)n1)c1ccccc1. The number of rotatable bonds is 6. The molecule has 1 heterocycles. The van der Waals surface area contributed by atoms with Crippen LogP contribution in [0.2, 0.25) is 0 Å². The molecule has 1 aromatic carbocycles. The Morgan fingerprint density at radius 2 is 1.75 bits per heavy atom. The van der Waals surface area contributed by atoms with Gasteiger partial charge in [-0.3, -0.25) is 4.79 Å². The molecule has 0 aliphatic heterocycles. The third kappa shape index (κ3) is 5.06. The minimum atomic E-state index is -1.08. The van der Waals surface area contributed by atoms with E-state index in [2.05, 4.69) is 9.97 Å². The molecule has 1 atom stereocenters. The number of nitrogens with zero attached hydrogens (tertiary/aromatic N) is 2. The zero-order valence-corrected chi connectivity index (χ0v) is 14.5. The molecule has 6 nitrogen and oxygen atoms in total. The largest absolute Gasteiger partial charge is 0.466 e. The van der Waals surface area contributed by atoms with E-state index >= 15 is 0 Å². The van der Waals surface area contributed by atoms with Crippen molar-refractivity contribution < 1.29 is 19.1 Å². The van der Waals surface area contributed by atoms with Crippen molar-refractivity contribution >= 4 is 23.7 Å². The van der Waals surface area contributed by atoms with Crippen LogP contribution in [0.15, 0.2) is 41.6 Å². The van der Waals surface area contributed by atoms with E-state index in [1.54, 1.807) is 24.3 Å². The van der Waals surface area contributed by atoms with Gasteiger partial charge in [0.1, 0.15) is 0 Å². The maximum absolute atomic E-state index is 12.1. The summed E-state index contributed by atoms with van der Waals surface area (Å²) in [5, 5.41) is 0.499. The number of aromatic nitrogens is 2. The lowest BCUT2D eigenvalue weighted by atomic mass is 10.1. The summed E-state index contributed by atoms with van der Waals surface area (Å²) in [6, 6.07) is 10.6. The average molecular weight is 346 g/mol. The third-order valence-corrected chi connectivity index (χ3v) is 3.87. The van der Waals surface area contributed by atoms with Gasteiger partial charge < -0.3 is 9.47 Å². The molecule has 0 aliphatic carbocycles. The zero-order valence-electron chi connectivity index (χ0n) is 13.7. The zero-order chi connectivity index (χ0) is 17.5. The molecule has 2 rings (SSSR count). The van der Waals surface area contributed by atoms with Gasteiger partial charge in [0.2, 0.25) is 6.10 Å². The summed E-state index contributed by atoms with van der Waals surface area (Å²) in [7, 11) is 1.25. The second kappa shape index (κ2) is 8.44. The number of carbonyl (C=O) groups is 2. The number of hydrogen-bond donors (Lipinski definition) is 0. The minimum Gasteiger partial charge on any atom is -0.466 e. The predicted molar refractivity (Wildman–Crippen MR) is 89.5 cm³/mol. The Morgan fingerprint density at radius 1 is 1.12 bits per heavy atom. The smallest absolute Gasteiger partial charge is 0.351 e. The predicted octanol–water partition coefficient (Wildman–Crippen LogP) is 2.64. The van der Waals surface area contributed by atoms with E-state index in [-0.39, 0.29) is 5.75 Å². The summed E-state index contributed by atoms with van der Waals surface area (Å²) in [6.45, 7) is 3.72. The molecular formula is C17H18N2O4S. The molecule has 1 unspecified atom stereocenters. The van der Waals surface area contributed by atoms with E-state index in [1.807, 2.05) is 26.0 Å². The van der Waals surface area contributed by atoms with E-state index in [4.69, 9.17) is 9.47 Å². The molecule has 0 radical (unpaired) electrons. The topological polar surface area (TPSA) is 78.4 Å². The molecule has 0 bridgehead atoms. The van der Waals surface area contributed by atoms with Gasteiger partial charge in [-0.1, -0.05) is 42.1 Å². The summed E-state index contributed by atoms with van der Waals surface area (Å²) in [5.74, 6) is -1.16. The summed E-state index contributed by atoms with van der Waals surface area (Å²) in [4.78, 5) is 32.5. The fourth-order valence-corrected chi connectivity index (χ4v) is 2.77. The van der Waals surface area contributed by atoms with E-state index in [9.17, 15) is 9.59 Å². The molecule has 0 fully saturated rings. The highest BCUT2D eigenvalue weighted by molar-refractivity contribution is 7.99. The number of carbonyl (C=O) groups excluding carboxylic acids is 2. The van der Waals surface area contributed by atoms with Crippen LogP contribution >= 0.6 is 11.8 Å². The Morgan fingerprint density at radius 3 is 2.33 bits per heavy atom. The lowest BCUT2D eigenvalue weighted by Gasteiger charge is -2.15. The fourth-order valence-electron chi connectivity index (χ4n) is 2.03. The molecule has 0 spiro atoms. The first-order chi connectivity index (χ1) is 11.5. The first kappa shape index (κ1) is 17.9. The molecule has 7 heteroatoms. The average Bonchev–Trinajstić information content (AvgIpc) is 2.57. The van der Waals surface area contributed by atoms with E-state index in [0.29, 0.717) is 10.7 Å². The fraction of sp³-hybridized carbons (Fsp3) is 0.294. The van der Waals surface area contributed by atoms with Crippen LogP contribution in [0.1, 0.15) is 23.1 Å². The highest BCUT2D eigenvalue weighted by Crippen LogP contribution is 2.21. The molecule has 2 aromatic rings. The van der Waals surface area contributed by atoms with Crippen LogP contribution in [-0.2, 0) is 19.1 Å². The summed E-state index contributed by atoms with van der Waals surface area (Å²) in [6.07, 6.45) is -1.08. The van der Waals surface area contributed by atoms with Crippen LogP contribution in [0.25, 0.3) is 0 Å². The van der Waals surface area contributed by atoms with Gasteiger partial charge in [-0.25, -0.2) is 14.8 Å². The Labute approximate surface area is 144 Å². The number of methoxy groups -OCH3 is 1. The first-order valence-electron chi connectivity index (χ1n) is 7.27. The van der Waals surface area contributed by atoms with Crippen molar-refractivity contribution in [3.8, 4) is 0 Å². The van der Waals surface area contributed by atoms with Crippen molar-refractivity contribution in [1.82, 2.24) is 9.97 Å². The molecule has 0 N–H and O–H groups in total. The third-order valence-electron chi connectivity index (χ3n) is 3.05. The Kier molecular flexibility index (Phi) is 6.31. The number of benzene rings is 1. The molecule has 0 amide bonds. The number of esters is 2. The van der Waals surface area contributed by atoms with Gasteiger partial charge in [-0.05, 0) is 19.9 Å². The van der Waals surface area contributed by atoms with Gasteiger partial charge in [-0.15, -0.1) is 0 Å². The molecule has 0 saturated heterocycles. The molecule has 0 aliphatic rings. The van der Waals surface area contributed by atoms with Gasteiger partial charge in [0.05, 0.1) is 12.9 Å². The van der Waals surface area contributed by atoms with Gasteiger partial charge >= 0.3 is 11.9 Å². The maximum atomic E-state index is 12.1. The van der Waals surface area contributed by atoms with Crippen molar-refractivity contribution in [1.29, 1.82) is 0 Å². The number of aryl methyl sites for hydroxylation is 2. The Balaban J connectivity index is 2.01. The van der Waals surface area contributed by atoms with Gasteiger partial charge in [-0.2, -0.15) is 0 Å². The van der Waals surface area contributed by atoms with Crippen molar-refractivity contribution in [2.75, 3.05) is 12.9 Å². The number of hydrogen-bond acceptors (Lipinski definition) is 7. The second-order valence-electron chi connectivity index (χ2n) is 5.03. The van der Waals surface area contributed by atoms with Crippen molar-refractivity contribution in [3.05, 3.63) is 53.3 Å². The Hall–Kier alpha value is -2.41. The number of thioether (sulfide) groups is 1. The molecule has 0 saturated carbocycles. The Bertz CT molecular complexity index is 702. The van der Waals surface area contributed by atoms with Gasteiger partial charge in [0, 0.05) is 17.0 Å². The minimum absolute atomic E-state index is 0.00320. The summed E-state index contributed by atoms with van der Waals surface area (Å²) >= 11 is 1.16. The maximum Gasteiger partial charge on any atom is 0.351 e. The van der Waals surface area contributed by atoms with Gasteiger partial charge in [0.15, 0.2) is 5.16 Å². The first-order valence-corrected chi connectivity index (χ1v) is 8.25. The summed E-state index contributed by atoms with van der Waals surface area (Å²) < 4.78 is 10.00. The highest BCUT2D eigenvalue weighted by Gasteiger charge is 2.25. The molecule has 24 heavy (non-hydrogen) atoms. The molecule has 1 aromatic heterocycles. The standard InChI is InChI=1S/C17H18N2O4S/c1-11-9-12(2)19-17(18-11)24-10-14(20)23-15(16(21)22-3)13-7-5-4-6-8-13/h4-9,15H,10H2,1-3H3. The van der Waals surface area contributed by atoms with Crippen LogP contribution in [0.4, 0.5) is 0 Å². The lowest BCUT2D eigenvalue weighted by molar-refractivity contribution is -0.165. The lowest BCUT2D eigenvalue weighted by Crippen LogP contribution is -2.22. The van der Waals surface area contributed by atoms with E-state index < -0.39 is 18.0 Å². The monoisotopic (exact) mass is 346 g/mol. The molecule has 126 valence electrons. The van der Waals surface area contributed by atoms with Crippen LogP contribution in [0, 0.1) is 13.8 Å². The van der Waals surface area contributed by atoms with Crippen molar-refractivity contribution in [2.45, 2.75) is 25.1 Å². The van der Waals surface area contributed by atoms with Crippen LogP contribution in [-0.4, -0.2) is 34.8 Å². The second-order valence-corrected chi connectivity index (χ2v) is 5.97. The van der Waals surface area contributed by atoms with Gasteiger partial charge in [0.25, 0.3) is 0 Å². The van der Waals surface area contributed by atoms with Crippen molar-refractivity contribution in [3.63, 3.8) is 0 Å². The summed E-state index contributed by atoms with van der Waals surface area (Å²) in [5.41, 5.74) is 2.22. The number of ether oxygens (including phenoxy) is 2. The molecular weight excluding hydrogens is 328 g/mol. The van der Waals surface area contributed by atoms with Crippen LogP contribution < -0.4 is 0 Å². The highest BCUT2D eigenvalue weighted by atomic mass is 32.2.